The summed E-state index contributed by atoms with van der Waals surface area (Å²) in [4.78, 5) is 19.3. The molecule has 0 radical (unpaired) electrons. The molecule has 1 aliphatic heterocycles. The largest absolute Gasteiger partial charge is 0.494 e. The minimum absolute atomic E-state index is 0.109. The van der Waals surface area contributed by atoms with Crippen LogP contribution in [-0.4, -0.2) is 40.6 Å². The van der Waals surface area contributed by atoms with Crippen LogP contribution in [0.5, 0.6) is 5.75 Å². The number of halogens is 1. The fraction of sp³-hybridized carbons (Fsp3) is 0.364. The number of carbonyl (C=O) groups is 1. The topological polar surface area (TPSA) is 47.4 Å². The number of carbonyl (C=O) groups excluding carboxylic acids is 1. The van der Waals surface area contributed by atoms with Gasteiger partial charge in [0, 0.05) is 24.1 Å². The van der Waals surface area contributed by atoms with Gasteiger partial charge in [-0.05, 0) is 30.3 Å². The van der Waals surface area contributed by atoms with Gasteiger partial charge in [-0.25, -0.2) is 9.37 Å². The van der Waals surface area contributed by atoms with Gasteiger partial charge in [-0.1, -0.05) is 32.9 Å². The van der Waals surface area contributed by atoms with E-state index in [4.69, 9.17) is 9.72 Å². The van der Waals surface area contributed by atoms with E-state index in [1.54, 1.807) is 11.0 Å². The number of rotatable bonds is 3. The van der Waals surface area contributed by atoms with Crippen LogP contribution in [-0.2, 0) is 5.41 Å². The summed E-state index contributed by atoms with van der Waals surface area (Å²) in [5, 5.41) is 0. The lowest BCUT2D eigenvalue weighted by Crippen LogP contribution is -2.51. The van der Waals surface area contributed by atoms with Crippen LogP contribution >= 0.6 is 0 Å². The summed E-state index contributed by atoms with van der Waals surface area (Å²) in [5.74, 6) is 0.458. The molecule has 0 spiro atoms. The zero-order valence-corrected chi connectivity index (χ0v) is 16.6. The summed E-state index contributed by atoms with van der Waals surface area (Å²) in [6.45, 7) is 7.59. The Bertz CT molecular complexity index is 1050. The molecule has 1 saturated heterocycles. The molecule has 0 saturated carbocycles. The molecule has 0 atom stereocenters. The zero-order chi connectivity index (χ0) is 20.1. The molecule has 1 amide bonds. The van der Waals surface area contributed by atoms with Crippen LogP contribution in [0.3, 0.4) is 0 Å². The van der Waals surface area contributed by atoms with E-state index in [-0.39, 0.29) is 23.1 Å². The number of ether oxygens (including phenoxy) is 1. The predicted molar refractivity (Wildman–Crippen MR) is 106 cm³/mol. The van der Waals surface area contributed by atoms with E-state index in [0.717, 1.165) is 16.9 Å². The molecule has 1 aliphatic rings. The summed E-state index contributed by atoms with van der Waals surface area (Å²) < 4.78 is 21.1. The molecule has 0 aliphatic carbocycles. The fourth-order valence-electron chi connectivity index (χ4n) is 3.71. The van der Waals surface area contributed by atoms with Crippen molar-refractivity contribution in [3.63, 3.8) is 0 Å². The maximum absolute atomic E-state index is 13.9. The van der Waals surface area contributed by atoms with Crippen molar-refractivity contribution in [3.8, 4) is 5.75 Å². The Morgan fingerprint density at radius 2 is 1.89 bits per heavy atom. The molecular formula is C22H24FN3O2. The molecule has 2 aromatic carbocycles. The number of hydrogen-bond acceptors (Lipinski definition) is 3. The zero-order valence-electron chi connectivity index (χ0n) is 16.6. The molecule has 2 heterocycles. The minimum atomic E-state index is -0.527. The third kappa shape index (κ3) is 3.03. The standard InChI is InChI=1S/C22H24FN3O2/c1-22(2,3)21-24-17-7-5-6-8-18(17)26(21)15-12-25(13-15)20(27)14-9-10-19(28-4)16(23)11-14/h5-11,15H,12-13H2,1-4H3. The number of fused-ring (bicyclic) bond motifs is 1. The van der Waals surface area contributed by atoms with Crippen molar-refractivity contribution in [2.45, 2.75) is 32.2 Å². The number of nitrogens with zero attached hydrogens (tertiary/aromatic N) is 3. The highest BCUT2D eigenvalue weighted by Crippen LogP contribution is 2.34. The highest BCUT2D eigenvalue weighted by atomic mass is 19.1. The summed E-state index contributed by atoms with van der Waals surface area (Å²) in [6.07, 6.45) is 0. The molecule has 0 bridgehead atoms. The third-order valence-electron chi connectivity index (χ3n) is 5.18. The van der Waals surface area contributed by atoms with Gasteiger partial charge in [-0.15, -0.1) is 0 Å². The van der Waals surface area contributed by atoms with E-state index in [2.05, 4.69) is 31.4 Å². The van der Waals surface area contributed by atoms with E-state index in [1.807, 2.05) is 18.2 Å². The van der Waals surface area contributed by atoms with Gasteiger partial charge in [0.15, 0.2) is 11.6 Å². The van der Waals surface area contributed by atoms with Crippen LogP contribution < -0.4 is 4.74 Å². The summed E-state index contributed by atoms with van der Waals surface area (Å²) in [7, 11) is 1.40. The first-order chi connectivity index (χ1) is 13.3. The average molecular weight is 381 g/mol. The number of methoxy groups -OCH3 is 1. The Kier molecular flexibility index (Phi) is 4.37. The monoisotopic (exact) mass is 381 g/mol. The molecule has 4 rings (SSSR count). The molecule has 0 unspecified atom stereocenters. The predicted octanol–water partition coefficient (Wildman–Crippen LogP) is 4.18. The number of para-hydroxylation sites is 2. The Labute approximate surface area is 163 Å². The molecule has 6 heteroatoms. The highest BCUT2D eigenvalue weighted by molar-refractivity contribution is 5.95. The van der Waals surface area contributed by atoms with Gasteiger partial charge in [0.1, 0.15) is 5.82 Å². The Morgan fingerprint density at radius 3 is 2.54 bits per heavy atom. The van der Waals surface area contributed by atoms with E-state index in [9.17, 15) is 9.18 Å². The first kappa shape index (κ1) is 18.5. The van der Waals surface area contributed by atoms with Crippen LogP contribution in [0.25, 0.3) is 11.0 Å². The van der Waals surface area contributed by atoms with E-state index in [0.29, 0.717) is 18.7 Å². The lowest BCUT2D eigenvalue weighted by Gasteiger charge is -2.42. The maximum Gasteiger partial charge on any atom is 0.254 e. The number of likely N-dealkylation sites (tertiary alicyclic amines) is 1. The van der Waals surface area contributed by atoms with E-state index in [1.165, 1.54) is 19.2 Å². The third-order valence-corrected chi connectivity index (χ3v) is 5.18. The SMILES string of the molecule is COc1ccc(C(=O)N2CC(n3c(C(C)(C)C)nc4ccccc43)C2)cc1F. The number of imidazole rings is 1. The molecule has 28 heavy (non-hydrogen) atoms. The average Bonchev–Trinajstić information content (AvgIpc) is 3.00. The second kappa shape index (κ2) is 6.62. The lowest BCUT2D eigenvalue weighted by atomic mass is 9.94. The van der Waals surface area contributed by atoms with Crippen molar-refractivity contribution in [1.82, 2.24) is 14.5 Å². The summed E-state index contributed by atoms with van der Waals surface area (Å²) in [5.41, 5.74) is 2.28. The number of benzene rings is 2. The molecule has 0 N–H and O–H groups in total. The minimum Gasteiger partial charge on any atom is -0.494 e. The number of hydrogen-bond donors (Lipinski definition) is 0. The van der Waals surface area contributed by atoms with E-state index >= 15 is 0 Å². The Balaban J connectivity index is 1.59. The van der Waals surface area contributed by atoms with Crippen molar-refractivity contribution in [3.05, 3.63) is 59.7 Å². The first-order valence-corrected chi connectivity index (χ1v) is 9.40. The van der Waals surface area contributed by atoms with Crippen LogP contribution in [0, 0.1) is 5.82 Å². The van der Waals surface area contributed by atoms with Crippen LogP contribution in [0.4, 0.5) is 4.39 Å². The van der Waals surface area contributed by atoms with Crippen molar-refractivity contribution in [1.29, 1.82) is 0 Å². The molecule has 1 aromatic heterocycles. The van der Waals surface area contributed by atoms with Crippen LogP contribution in [0.15, 0.2) is 42.5 Å². The quantitative estimate of drug-likeness (QED) is 0.684. The van der Waals surface area contributed by atoms with Gasteiger partial charge in [-0.3, -0.25) is 4.79 Å². The number of amides is 1. The lowest BCUT2D eigenvalue weighted by molar-refractivity contribution is 0.0518. The number of aromatic nitrogens is 2. The van der Waals surface area contributed by atoms with Crippen molar-refractivity contribution in [2.24, 2.45) is 0 Å². The molecule has 5 nitrogen and oxygen atoms in total. The second-order valence-corrected chi connectivity index (χ2v) is 8.26. The second-order valence-electron chi connectivity index (χ2n) is 8.26. The van der Waals surface area contributed by atoms with Crippen LogP contribution in [0.2, 0.25) is 0 Å². The summed E-state index contributed by atoms with van der Waals surface area (Å²) in [6, 6.07) is 12.6. The Hall–Kier alpha value is -2.89. The molecule has 146 valence electrons. The summed E-state index contributed by atoms with van der Waals surface area (Å²) >= 11 is 0. The van der Waals surface area contributed by atoms with Gasteiger partial charge in [0.25, 0.3) is 5.91 Å². The molecule has 1 fully saturated rings. The highest BCUT2D eigenvalue weighted by Gasteiger charge is 2.36. The normalized spacial score (nSPS) is 15.0. The smallest absolute Gasteiger partial charge is 0.254 e. The molecule has 3 aromatic rings. The van der Waals surface area contributed by atoms with E-state index < -0.39 is 5.82 Å². The Morgan fingerprint density at radius 1 is 1.18 bits per heavy atom. The van der Waals surface area contributed by atoms with Gasteiger partial charge in [-0.2, -0.15) is 0 Å². The van der Waals surface area contributed by atoms with Crippen molar-refractivity contribution >= 4 is 16.9 Å². The fourth-order valence-corrected chi connectivity index (χ4v) is 3.71. The van der Waals surface area contributed by atoms with Crippen molar-refractivity contribution < 1.29 is 13.9 Å². The van der Waals surface area contributed by atoms with Crippen LogP contribution in [0.1, 0.15) is 43.0 Å². The van der Waals surface area contributed by atoms with Gasteiger partial charge < -0.3 is 14.2 Å². The van der Waals surface area contributed by atoms with Gasteiger partial charge in [0.05, 0.1) is 24.2 Å². The maximum atomic E-state index is 13.9. The van der Waals surface area contributed by atoms with Crippen molar-refractivity contribution in [2.75, 3.05) is 20.2 Å². The van der Waals surface area contributed by atoms with Gasteiger partial charge >= 0.3 is 0 Å². The molecular weight excluding hydrogens is 357 g/mol. The van der Waals surface area contributed by atoms with Gasteiger partial charge in [0.2, 0.25) is 0 Å². The first-order valence-electron chi connectivity index (χ1n) is 9.40.